The van der Waals surface area contributed by atoms with E-state index in [4.69, 9.17) is 14.6 Å². The molecule has 2 fully saturated rings. The number of carbonyl (C=O) groups is 2. The zero-order valence-electron chi connectivity index (χ0n) is 10.3. The Morgan fingerprint density at radius 3 is 2.72 bits per heavy atom. The number of ether oxygens (including phenoxy) is 2. The van der Waals surface area contributed by atoms with Gasteiger partial charge in [0.05, 0.1) is 18.6 Å². The maximum Gasteiger partial charge on any atom is 0.332 e. The number of hydrogen-bond donors (Lipinski definition) is 2. The van der Waals surface area contributed by atoms with E-state index in [9.17, 15) is 9.59 Å². The zero-order valence-corrected chi connectivity index (χ0v) is 10.3. The van der Waals surface area contributed by atoms with Gasteiger partial charge in [0.15, 0.2) is 6.10 Å². The Balaban J connectivity index is 1.68. The zero-order chi connectivity index (χ0) is 13.0. The molecule has 2 saturated heterocycles. The van der Waals surface area contributed by atoms with E-state index < -0.39 is 12.1 Å². The predicted octanol–water partition coefficient (Wildman–Crippen LogP) is 0.161. The molecule has 2 aliphatic heterocycles. The summed E-state index contributed by atoms with van der Waals surface area (Å²) in [7, 11) is 0. The van der Waals surface area contributed by atoms with Crippen LogP contribution in [0.15, 0.2) is 0 Å². The van der Waals surface area contributed by atoms with Crippen LogP contribution in [0.3, 0.4) is 0 Å². The Bertz CT molecular complexity index is 314. The Morgan fingerprint density at radius 1 is 1.28 bits per heavy atom. The number of rotatable bonds is 4. The smallest absolute Gasteiger partial charge is 0.332 e. The van der Waals surface area contributed by atoms with Crippen LogP contribution in [0.4, 0.5) is 0 Å². The summed E-state index contributed by atoms with van der Waals surface area (Å²) in [6.45, 7) is 1.60. The van der Waals surface area contributed by atoms with Gasteiger partial charge < -0.3 is 19.9 Å². The molecule has 0 radical (unpaired) electrons. The van der Waals surface area contributed by atoms with Crippen LogP contribution in [0.25, 0.3) is 0 Å². The van der Waals surface area contributed by atoms with Crippen LogP contribution in [0.2, 0.25) is 0 Å². The van der Waals surface area contributed by atoms with Crippen molar-refractivity contribution in [3.8, 4) is 0 Å². The van der Waals surface area contributed by atoms with Crippen LogP contribution in [0, 0.1) is 5.92 Å². The van der Waals surface area contributed by atoms with Crippen molar-refractivity contribution in [3.63, 3.8) is 0 Å². The Hall–Kier alpha value is -1.14. The van der Waals surface area contributed by atoms with Crippen molar-refractivity contribution in [2.24, 2.45) is 5.92 Å². The summed E-state index contributed by atoms with van der Waals surface area (Å²) in [6, 6.07) is 0. The SMILES string of the molecule is O=C(NCC1CCC(C(=O)O)O1)C1CCCOC1. The van der Waals surface area contributed by atoms with Crippen molar-refractivity contribution in [1.29, 1.82) is 0 Å². The summed E-state index contributed by atoms with van der Waals surface area (Å²) < 4.78 is 10.6. The molecule has 2 rings (SSSR count). The second-order valence-corrected chi connectivity index (χ2v) is 4.82. The highest BCUT2D eigenvalue weighted by atomic mass is 16.5. The van der Waals surface area contributed by atoms with Crippen molar-refractivity contribution >= 4 is 11.9 Å². The molecule has 0 aliphatic carbocycles. The van der Waals surface area contributed by atoms with Crippen LogP contribution in [-0.4, -0.2) is 48.9 Å². The normalized spacial score (nSPS) is 32.1. The number of hydrogen-bond acceptors (Lipinski definition) is 4. The van der Waals surface area contributed by atoms with Crippen molar-refractivity contribution < 1.29 is 24.2 Å². The molecular weight excluding hydrogens is 238 g/mol. The van der Waals surface area contributed by atoms with Crippen LogP contribution >= 0.6 is 0 Å². The van der Waals surface area contributed by atoms with Gasteiger partial charge in [-0.25, -0.2) is 4.79 Å². The summed E-state index contributed by atoms with van der Waals surface area (Å²) in [5.74, 6) is -1.02. The van der Waals surface area contributed by atoms with Gasteiger partial charge in [-0.15, -0.1) is 0 Å². The molecule has 0 bridgehead atoms. The molecule has 6 nitrogen and oxygen atoms in total. The minimum Gasteiger partial charge on any atom is -0.479 e. The Morgan fingerprint density at radius 2 is 2.11 bits per heavy atom. The molecule has 18 heavy (non-hydrogen) atoms. The molecule has 2 N–H and O–H groups in total. The van der Waals surface area contributed by atoms with E-state index in [1.807, 2.05) is 0 Å². The Kier molecular flexibility index (Phi) is 4.54. The fourth-order valence-corrected chi connectivity index (χ4v) is 2.34. The van der Waals surface area contributed by atoms with Crippen molar-refractivity contribution in [1.82, 2.24) is 5.32 Å². The maximum atomic E-state index is 11.8. The third-order valence-corrected chi connectivity index (χ3v) is 3.42. The van der Waals surface area contributed by atoms with E-state index in [1.54, 1.807) is 0 Å². The van der Waals surface area contributed by atoms with Crippen LogP contribution < -0.4 is 5.32 Å². The summed E-state index contributed by atoms with van der Waals surface area (Å²) in [4.78, 5) is 22.5. The van der Waals surface area contributed by atoms with Crippen molar-refractivity contribution in [2.45, 2.75) is 37.9 Å². The monoisotopic (exact) mass is 257 g/mol. The number of aliphatic carboxylic acids is 1. The first-order valence-electron chi connectivity index (χ1n) is 6.40. The first-order valence-corrected chi connectivity index (χ1v) is 6.40. The highest BCUT2D eigenvalue weighted by molar-refractivity contribution is 5.78. The number of carboxylic acid groups (broad SMARTS) is 1. The van der Waals surface area contributed by atoms with Gasteiger partial charge in [-0.05, 0) is 25.7 Å². The largest absolute Gasteiger partial charge is 0.479 e. The second-order valence-electron chi connectivity index (χ2n) is 4.82. The average molecular weight is 257 g/mol. The average Bonchev–Trinajstić information content (AvgIpc) is 2.86. The van der Waals surface area contributed by atoms with E-state index in [1.165, 1.54) is 0 Å². The minimum absolute atomic E-state index is 0.0166. The molecule has 102 valence electrons. The number of carbonyl (C=O) groups excluding carboxylic acids is 1. The van der Waals surface area contributed by atoms with Crippen LogP contribution in [-0.2, 0) is 19.1 Å². The molecule has 0 saturated carbocycles. The van der Waals surface area contributed by atoms with Gasteiger partial charge in [0.2, 0.25) is 5.91 Å². The highest BCUT2D eigenvalue weighted by Gasteiger charge is 2.31. The van der Waals surface area contributed by atoms with E-state index >= 15 is 0 Å². The first-order chi connectivity index (χ1) is 8.66. The van der Waals surface area contributed by atoms with Crippen molar-refractivity contribution in [3.05, 3.63) is 0 Å². The molecular formula is C12H19NO5. The van der Waals surface area contributed by atoms with Crippen molar-refractivity contribution in [2.75, 3.05) is 19.8 Å². The maximum absolute atomic E-state index is 11.8. The van der Waals surface area contributed by atoms with E-state index in [0.29, 0.717) is 26.0 Å². The van der Waals surface area contributed by atoms with Gasteiger partial charge in [0.25, 0.3) is 0 Å². The standard InChI is InChI=1S/C12H19NO5/c14-11(8-2-1-5-17-7-8)13-6-9-3-4-10(18-9)12(15)16/h8-10H,1-7H2,(H,13,14)(H,15,16). The lowest BCUT2D eigenvalue weighted by molar-refractivity contribution is -0.149. The number of carboxylic acids is 1. The summed E-state index contributed by atoms with van der Waals surface area (Å²) in [5, 5.41) is 11.6. The fourth-order valence-electron chi connectivity index (χ4n) is 2.34. The van der Waals surface area contributed by atoms with Gasteiger partial charge in [0.1, 0.15) is 0 Å². The van der Waals surface area contributed by atoms with E-state index in [-0.39, 0.29) is 17.9 Å². The summed E-state index contributed by atoms with van der Waals surface area (Å²) in [6.07, 6.45) is 2.07. The highest BCUT2D eigenvalue weighted by Crippen LogP contribution is 2.19. The van der Waals surface area contributed by atoms with Gasteiger partial charge in [-0.2, -0.15) is 0 Å². The lowest BCUT2D eigenvalue weighted by Gasteiger charge is -2.22. The molecule has 0 aromatic rings. The first kappa shape index (κ1) is 13.3. The summed E-state index contributed by atoms with van der Waals surface area (Å²) >= 11 is 0. The molecule has 2 heterocycles. The lowest BCUT2D eigenvalue weighted by atomic mass is 10.0. The minimum atomic E-state index is -0.926. The molecule has 2 aliphatic rings. The molecule has 0 spiro atoms. The third-order valence-electron chi connectivity index (χ3n) is 3.42. The molecule has 6 heteroatoms. The lowest BCUT2D eigenvalue weighted by Crippen LogP contribution is -2.39. The second kappa shape index (κ2) is 6.15. The molecule has 3 atom stereocenters. The van der Waals surface area contributed by atoms with Crippen LogP contribution in [0.5, 0.6) is 0 Å². The van der Waals surface area contributed by atoms with E-state index in [2.05, 4.69) is 5.32 Å². The third kappa shape index (κ3) is 3.43. The van der Waals surface area contributed by atoms with Crippen LogP contribution in [0.1, 0.15) is 25.7 Å². The molecule has 0 aromatic carbocycles. The van der Waals surface area contributed by atoms with Gasteiger partial charge in [0, 0.05) is 13.2 Å². The van der Waals surface area contributed by atoms with Gasteiger partial charge in [-0.3, -0.25) is 4.79 Å². The number of amides is 1. The topological polar surface area (TPSA) is 84.9 Å². The summed E-state index contributed by atoms with van der Waals surface area (Å²) in [5.41, 5.74) is 0. The fraction of sp³-hybridized carbons (Fsp3) is 0.833. The molecule has 3 unspecified atom stereocenters. The van der Waals surface area contributed by atoms with Gasteiger partial charge in [-0.1, -0.05) is 0 Å². The predicted molar refractivity (Wildman–Crippen MR) is 62.1 cm³/mol. The van der Waals surface area contributed by atoms with Gasteiger partial charge >= 0.3 is 5.97 Å². The molecule has 1 amide bonds. The van der Waals surface area contributed by atoms with E-state index in [0.717, 1.165) is 19.4 Å². The molecule has 0 aromatic heterocycles. The number of nitrogens with one attached hydrogen (secondary N) is 1. The quantitative estimate of drug-likeness (QED) is 0.749. The Labute approximate surface area is 106 Å².